The van der Waals surface area contributed by atoms with Crippen LogP contribution >= 0.6 is 15.9 Å². The Morgan fingerprint density at radius 1 is 1.35 bits per heavy atom. The zero-order valence-corrected chi connectivity index (χ0v) is 11.9. The van der Waals surface area contributed by atoms with E-state index in [1.807, 2.05) is 30.3 Å². The summed E-state index contributed by atoms with van der Waals surface area (Å²) in [6.45, 7) is 2.99. The average Bonchev–Trinajstić information content (AvgIpc) is 2.35. The van der Waals surface area contributed by atoms with Gasteiger partial charge in [-0.15, -0.1) is 0 Å². The second-order valence-electron chi connectivity index (χ2n) is 4.41. The number of alkyl halides is 1. The highest BCUT2D eigenvalue weighted by Crippen LogP contribution is 2.07. The minimum atomic E-state index is 0.114. The van der Waals surface area contributed by atoms with Crippen LogP contribution in [-0.4, -0.2) is 17.8 Å². The van der Waals surface area contributed by atoms with Crippen LogP contribution in [0.5, 0.6) is 0 Å². The largest absolute Gasteiger partial charge is 0.356 e. The maximum Gasteiger partial charge on any atom is 0.224 e. The van der Waals surface area contributed by atoms with Gasteiger partial charge in [0.05, 0.1) is 6.42 Å². The first-order valence-electron chi connectivity index (χ1n) is 6.09. The van der Waals surface area contributed by atoms with Crippen LogP contribution in [0.1, 0.15) is 25.3 Å². The molecule has 1 atom stereocenters. The van der Waals surface area contributed by atoms with E-state index in [-0.39, 0.29) is 5.91 Å². The van der Waals surface area contributed by atoms with E-state index in [4.69, 9.17) is 0 Å². The molecule has 0 spiro atoms. The number of nitrogens with one attached hydrogen (secondary N) is 1. The zero-order valence-electron chi connectivity index (χ0n) is 10.3. The lowest BCUT2D eigenvalue weighted by Crippen LogP contribution is -2.26. The second kappa shape index (κ2) is 8.29. The number of amides is 1. The lowest BCUT2D eigenvalue weighted by molar-refractivity contribution is -0.120. The van der Waals surface area contributed by atoms with Gasteiger partial charge in [0.25, 0.3) is 0 Å². The highest BCUT2D eigenvalue weighted by Gasteiger charge is 2.03. The van der Waals surface area contributed by atoms with Crippen molar-refractivity contribution in [1.82, 2.24) is 5.32 Å². The summed E-state index contributed by atoms with van der Waals surface area (Å²) in [6.07, 6.45) is 2.68. The summed E-state index contributed by atoms with van der Waals surface area (Å²) in [6, 6.07) is 9.84. The van der Waals surface area contributed by atoms with E-state index in [0.29, 0.717) is 12.3 Å². The van der Waals surface area contributed by atoms with Crippen LogP contribution in [0.4, 0.5) is 0 Å². The standard InChI is InChI=1S/C14H20BrNO/c1-12(11-15)6-5-9-16-14(17)10-13-7-3-2-4-8-13/h2-4,7-8,12H,5-6,9-11H2,1H3,(H,16,17). The van der Waals surface area contributed by atoms with E-state index in [9.17, 15) is 4.79 Å². The zero-order chi connectivity index (χ0) is 12.5. The van der Waals surface area contributed by atoms with E-state index < -0.39 is 0 Å². The van der Waals surface area contributed by atoms with Crippen molar-refractivity contribution in [2.24, 2.45) is 5.92 Å². The molecule has 0 aromatic heterocycles. The Balaban J connectivity index is 2.14. The quantitative estimate of drug-likeness (QED) is 0.608. The van der Waals surface area contributed by atoms with Crippen molar-refractivity contribution in [2.75, 3.05) is 11.9 Å². The fraction of sp³-hybridized carbons (Fsp3) is 0.500. The smallest absolute Gasteiger partial charge is 0.224 e. The van der Waals surface area contributed by atoms with Gasteiger partial charge in [0.1, 0.15) is 0 Å². The van der Waals surface area contributed by atoms with E-state index >= 15 is 0 Å². The van der Waals surface area contributed by atoms with Crippen molar-refractivity contribution >= 4 is 21.8 Å². The Hall–Kier alpha value is -0.830. The molecule has 2 nitrogen and oxygen atoms in total. The normalized spacial score (nSPS) is 12.1. The Morgan fingerprint density at radius 2 is 2.06 bits per heavy atom. The van der Waals surface area contributed by atoms with Gasteiger partial charge in [-0.3, -0.25) is 4.79 Å². The van der Waals surface area contributed by atoms with Gasteiger partial charge in [-0.1, -0.05) is 53.2 Å². The summed E-state index contributed by atoms with van der Waals surface area (Å²) in [7, 11) is 0. The average molecular weight is 298 g/mol. The van der Waals surface area contributed by atoms with Crippen LogP contribution in [0, 0.1) is 5.92 Å². The van der Waals surface area contributed by atoms with Crippen molar-refractivity contribution < 1.29 is 4.79 Å². The molecule has 1 rings (SSSR count). The van der Waals surface area contributed by atoms with Crippen LogP contribution in [-0.2, 0) is 11.2 Å². The van der Waals surface area contributed by atoms with Gasteiger partial charge in [0.15, 0.2) is 0 Å². The molecule has 0 fully saturated rings. The molecule has 0 aliphatic rings. The molecule has 1 aromatic rings. The topological polar surface area (TPSA) is 29.1 Å². The predicted molar refractivity (Wildman–Crippen MR) is 75.3 cm³/mol. The van der Waals surface area contributed by atoms with Gasteiger partial charge in [0.2, 0.25) is 5.91 Å². The monoisotopic (exact) mass is 297 g/mol. The Labute approximate surface area is 112 Å². The summed E-state index contributed by atoms with van der Waals surface area (Å²) in [5.41, 5.74) is 1.07. The summed E-state index contributed by atoms with van der Waals surface area (Å²) in [5, 5.41) is 3.99. The summed E-state index contributed by atoms with van der Waals surface area (Å²) in [5.74, 6) is 0.795. The van der Waals surface area contributed by atoms with Crippen LogP contribution in [0.2, 0.25) is 0 Å². The van der Waals surface area contributed by atoms with Gasteiger partial charge in [-0.25, -0.2) is 0 Å². The predicted octanol–water partition coefficient (Wildman–Crippen LogP) is 3.16. The summed E-state index contributed by atoms with van der Waals surface area (Å²) in [4.78, 5) is 11.6. The van der Waals surface area contributed by atoms with Crippen molar-refractivity contribution in [2.45, 2.75) is 26.2 Å². The third kappa shape index (κ3) is 6.47. The third-order valence-corrected chi connectivity index (χ3v) is 3.77. The van der Waals surface area contributed by atoms with Crippen LogP contribution in [0.25, 0.3) is 0 Å². The van der Waals surface area contributed by atoms with Crippen molar-refractivity contribution in [3.8, 4) is 0 Å². The first-order valence-corrected chi connectivity index (χ1v) is 7.21. The SMILES string of the molecule is CC(CBr)CCCNC(=O)Cc1ccccc1. The summed E-state index contributed by atoms with van der Waals surface area (Å²) >= 11 is 3.45. The second-order valence-corrected chi connectivity index (χ2v) is 5.06. The Bertz CT molecular complexity index is 326. The molecule has 94 valence electrons. The highest BCUT2D eigenvalue weighted by atomic mass is 79.9. The highest BCUT2D eigenvalue weighted by molar-refractivity contribution is 9.09. The fourth-order valence-electron chi connectivity index (χ4n) is 1.60. The van der Waals surface area contributed by atoms with E-state index in [1.54, 1.807) is 0 Å². The number of halogens is 1. The minimum Gasteiger partial charge on any atom is -0.356 e. The van der Waals surface area contributed by atoms with E-state index in [2.05, 4.69) is 28.2 Å². The first kappa shape index (κ1) is 14.2. The lowest BCUT2D eigenvalue weighted by Gasteiger charge is -2.08. The molecule has 1 N–H and O–H groups in total. The molecule has 1 unspecified atom stereocenters. The minimum absolute atomic E-state index is 0.114. The molecular weight excluding hydrogens is 278 g/mol. The van der Waals surface area contributed by atoms with Crippen molar-refractivity contribution in [3.63, 3.8) is 0 Å². The number of rotatable bonds is 7. The van der Waals surface area contributed by atoms with Crippen molar-refractivity contribution in [1.29, 1.82) is 0 Å². The first-order chi connectivity index (χ1) is 8.22. The van der Waals surface area contributed by atoms with Gasteiger partial charge in [-0.05, 0) is 24.3 Å². The molecule has 0 heterocycles. The van der Waals surface area contributed by atoms with Crippen LogP contribution in [0.15, 0.2) is 30.3 Å². The molecule has 0 saturated carbocycles. The number of carbonyl (C=O) groups excluding carboxylic acids is 1. The number of benzene rings is 1. The molecule has 0 bridgehead atoms. The van der Waals surface area contributed by atoms with E-state index in [0.717, 1.165) is 30.3 Å². The van der Waals surface area contributed by atoms with Crippen molar-refractivity contribution in [3.05, 3.63) is 35.9 Å². The molecule has 3 heteroatoms. The summed E-state index contributed by atoms with van der Waals surface area (Å²) < 4.78 is 0. The van der Waals surface area contributed by atoms with Gasteiger partial charge in [0, 0.05) is 11.9 Å². The number of hydrogen-bond acceptors (Lipinski definition) is 1. The maximum atomic E-state index is 11.6. The molecule has 1 amide bonds. The molecule has 0 aliphatic carbocycles. The van der Waals surface area contributed by atoms with Crippen LogP contribution < -0.4 is 5.32 Å². The Morgan fingerprint density at radius 3 is 2.71 bits per heavy atom. The molecular formula is C14H20BrNO. The third-order valence-electron chi connectivity index (χ3n) is 2.67. The van der Waals surface area contributed by atoms with Crippen LogP contribution in [0.3, 0.4) is 0 Å². The molecule has 17 heavy (non-hydrogen) atoms. The lowest BCUT2D eigenvalue weighted by atomic mass is 10.1. The van der Waals surface area contributed by atoms with Gasteiger partial charge >= 0.3 is 0 Å². The number of hydrogen-bond donors (Lipinski definition) is 1. The molecule has 1 aromatic carbocycles. The van der Waals surface area contributed by atoms with E-state index in [1.165, 1.54) is 0 Å². The maximum absolute atomic E-state index is 11.6. The Kier molecular flexibility index (Phi) is 6.94. The van der Waals surface area contributed by atoms with Gasteiger partial charge < -0.3 is 5.32 Å². The molecule has 0 aliphatic heterocycles. The van der Waals surface area contributed by atoms with Gasteiger partial charge in [-0.2, -0.15) is 0 Å². The molecule has 0 saturated heterocycles. The number of carbonyl (C=O) groups is 1. The fourth-order valence-corrected chi connectivity index (χ4v) is 1.92. The molecule has 0 radical (unpaired) electrons.